The Morgan fingerprint density at radius 2 is 1.94 bits per heavy atom. The predicted molar refractivity (Wildman–Crippen MR) is 129 cm³/mol. The second kappa shape index (κ2) is 11.0. The van der Waals surface area contributed by atoms with Crippen LogP contribution in [0.25, 0.3) is 5.57 Å². The van der Waals surface area contributed by atoms with E-state index < -0.39 is 17.5 Å². The summed E-state index contributed by atoms with van der Waals surface area (Å²) in [5.41, 5.74) is 1.23. The summed E-state index contributed by atoms with van der Waals surface area (Å²) in [6.07, 6.45) is 5.28. The minimum absolute atomic E-state index is 0.0261. The van der Waals surface area contributed by atoms with Gasteiger partial charge in [0.1, 0.15) is 11.6 Å². The van der Waals surface area contributed by atoms with E-state index >= 15 is 8.78 Å². The number of nitrogens with zero attached hydrogens (tertiary/aromatic N) is 2. The number of carbonyl (C=O) groups is 2. The lowest BCUT2D eigenvalue weighted by molar-refractivity contribution is -0.138. The van der Waals surface area contributed by atoms with Crippen LogP contribution in [0.4, 0.5) is 14.5 Å². The smallest absolute Gasteiger partial charge is 0.222 e. The van der Waals surface area contributed by atoms with E-state index in [-0.39, 0.29) is 29.7 Å². The molecular weight excluding hydrogens is 464 g/mol. The van der Waals surface area contributed by atoms with Crippen molar-refractivity contribution >= 4 is 34.7 Å². The van der Waals surface area contributed by atoms with Crippen LogP contribution in [0, 0.1) is 11.6 Å². The number of morpholine rings is 1. The van der Waals surface area contributed by atoms with Crippen molar-refractivity contribution in [3.8, 4) is 0 Å². The fraction of sp³-hybridized carbons (Fsp3) is 0.360. The average Bonchev–Trinajstić information content (AvgIpc) is 2.76. The fourth-order valence-corrected chi connectivity index (χ4v) is 4.26. The first-order chi connectivity index (χ1) is 16.1. The fourth-order valence-electron chi connectivity index (χ4n) is 4.07. The predicted octanol–water partition coefficient (Wildman–Crippen LogP) is 5.15. The van der Waals surface area contributed by atoms with Gasteiger partial charge in [0.2, 0.25) is 11.8 Å². The molecule has 0 radical (unpaired) electrons. The van der Waals surface area contributed by atoms with Gasteiger partial charge in [0.25, 0.3) is 0 Å². The minimum atomic E-state index is -0.814. The number of hydrogen-bond donors (Lipinski definition) is 1. The Morgan fingerprint density at radius 1 is 1.26 bits per heavy atom. The summed E-state index contributed by atoms with van der Waals surface area (Å²) in [4.78, 5) is 27.0. The van der Waals surface area contributed by atoms with Gasteiger partial charge in [-0.05, 0) is 36.8 Å². The van der Waals surface area contributed by atoms with Crippen LogP contribution in [-0.4, -0.2) is 47.4 Å². The summed E-state index contributed by atoms with van der Waals surface area (Å²) in [5.74, 6) is -2.03. The zero-order valence-corrected chi connectivity index (χ0v) is 20.2. The van der Waals surface area contributed by atoms with Gasteiger partial charge in [-0.1, -0.05) is 25.1 Å². The molecule has 34 heavy (non-hydrogen) atoms. The monoisotopic (exact) mass is 491 g/mol. The van der Waals surface area contributed by atoms with E-state index in [1.165, 1.54) is 6.92 Å². The van der Waals surface area contributed by atoms with E-state index in [1.54, 1.807) is 42.0 Å². The summed E-state index contributed by atoms with van der Waals surface area (Å²) in [7, 11) is 0. The van der Waals surface area contributed by atoms with Crippen molar-refractivity contribution in [2.45, 2.75) is 39.7 Å². The quantitative estimate of drug-likeness (QED) is 0.598. The summed E-state index contributed by atoms with van der Waals surface area (Å²) >= 11 is 6.10. The van der Waals surface area contributed by atoms with Crippen LogP contribution in [0.1, 0.15) is 39.2 Å². The van der Waals surface area contributed by atoms with Crippen molar-refractivity contribution in [3.05, 3.63) is 70.7 Å². The highest BCUT2D eigenvalue weighted by molar-refractivity contribution is 6.31. The molecule has 1 fully saturated rings. The number of hydrogen-bond acceptors (Lipinski definition) is 4. The van der Waals surface area contributed by atoms with Gasteiger partial charge < -0.3 is 19.9 Å². The highest BCUT2D eigenvalue weighted by Gasteiger charge is 2.28. The van der Waals surface area contributed by atoms with Crippen LogP contribution in [-0.2, 0) is 14.3 Å². The molecule has 3 rings (SSSR count). The van der Waals surface area contributed by atoms with Crippen LogP contribution >= 0.6 is 11.6 Å². The lowest BCUT2D eigenvalue weighted by Crippen LogP contribution is -2.46. The number of rotatable bonds is 6. The molecule has 2 heterocycles. The molecule has 0 spiro atoms. The topological polar surface area (TPSA) is 61.9 Å². The van der Waals surface area contributed by atoms with Gasteiger partial charge in [0.15, 0.2) is 0 Å². The maximum atomic E-state index is 15.1. The minimum Gasteiger partial charge on any atom is -0.374 e. The number of carbonyl (C=O) groups excluding carboxylic acids is 2. The van der Waals surface area contributed by atoms with Crippen molar-refractivity contribution in [1.82, 2.24) is 9.80 Å². The summed E-state index contributed by atoms with van der Waals surface area (Å²) in [6.45, 7) is 9.96. The summed E-state index contributed by atoms with van der Waals surface area (Å²) in [5, 5.41) is 2.87. The molecule has 6 nitrogen and oxygen atoms in total. The van der Waals surface area contributed by atoms with Crippen molar-refractivity contribution in [3.63, 3.8) is 0 Å². The Hall–Kier alpha value is -2.97. The Labute approximate surface area is 203 Å². The molecule has 1 aromatic rings. The standard InChI is InChI=1S/C25H28ClF2N3O3/c1-5-24(33)30-8-9-34-20(14-30)13-23(31-7-6-18(26)10-15(31)2)16(3)25-21(27)11-19(12-22(25)28)29-17(4)32/h6-7,10-12,20H,2,5,8-9,13-14H2,1,3-4H3,(H,29,32)/b23-16+. The number of amides is 2. The lowest BCUT2D eigenvalue weighted by Gasteiger charge is -2.36. The van der Waals surface area contributed by atoms with Crippen LogP contribution in [0.15, 0.2) is 53.5 Å². The zero-order valence-electron chi connectivity index (χ0n) is 19.5. The Balaban J connectivity index is 2.03. The van der Waals surface area contributed by atoms with Crippen molar-refractivity contribution in [1.29, 1.82) is 0 Å². The third kappa shape index (κ3) is 5.93. The molecule has 0 aromatic heterocycles. The molecule has 2 aliphatic heterocycles. The van der Waals surface area contributed by atoms with Crippen molar-refractivity contribution in [2.24, 2.45) is 0 Å². The van der Waals surface area contributed by atoms with Gasteiger partial charge in [0, 0.05) is 61.2 Å². The maximum Gasteiger partial charge on any atom is 0.222 e. The van der Waals surface area contributed by atoms with Crippen LogP contribution in [0.2, 0.25) is 0 Å². The number of allylic oxidation sites excluding steroid dienone is 4. The molecule has 0 aliphatic carbocycles. The molecule has 2 amide bonds. The largest absolute Gasteiger partial charge is 0.374 e. The number of benzene rings is 1. The molecule has 0 bridgehead atoms. The molecule has 1 aromatic carbocycles. The van der Waals surface area contributed by atoms with Gasteiger partial charge in [-0.2, -0.15) is 0 Å². The van der Waals surface area contributed by atoms with Crippen molar-refractivity contribution in [2.75, 3.05) is 25.0 Å². The Bertz CT molecular complexity index is 1070. The lowest BCUT2D eigenvalue weighted by atomic mass is 9.98. The summed E-state index contributed by atoms with van der Waals surface area (Å²) < 4.78 is 36.1. The van der Waals surface area contributed by atoms with Gasteiger partial charge in [0.05, 0.1) is 18.3 Å². The molecule has 1 N–H and O–H groups in total. The van der Waals surface area contributed by atoms with E-state index in [1.807, 2.05) is 0 Å². The van der Waals surface area contributed by atoms with E-state index in [9.17, 15) is 9.59 Å². The van der Waals surface area contributed by atoms with E-state index in [4.69, 9.17) is 16.3 Å². The highest BCUT2D eigenvalue weighted by Crippen LogP contribution is 2.35. The van der Waals surface area contributed by atoms with Crippen molar-refractivity contribution < 1.29 is 23.1 Å². The van der Waals surface area contributed by atoms with Gasteiger partial charge in [-0.15, -0.1) is 0 Å². The molecule has 1 saturated heterocycles. The maximum absolute atomic E-state index is 15.1. The molecule has 1 unspecified atom stereocenters. The normalized spacial score (nSPS) is 19.1. The number of anilines is 1. The van der Waals surface area contributed by atoms with E-state index in [0.717, 1.165) is 12.1 Å². The Kier molecular flexibility index (Phi) is 8.28. The number of ether oxygens (including phenoxy) is 1. The molecule has 182 valence electrons. The molecule has 1 atom stereocenters. The van der Waals surface area contributed by atoms with Crippen LogP contribution in [0.3, 0.4) is 0 Å². The third-order valence-corrected chi connectivity index (χ3v) is 5.91. The Morgan fingerprint density at radius 3 is 2.53 bits per heavy atom. The molecule has 2 aliphatic rings. The SMILES string of the molecule is C=C1C=C(Cl)C=CN1/C(CC1CN(C(=O)CC)CCO1)=C(\C)c1c(F)cc(NC(C)=O)cc1F. The number of nitrogens with one attached hydrogen (secondary N) is 1. The average molecular weight is 492 g/mol. The highest BCUT2D eigenvalue weighted by atomic mass is 35.5. The van der Waals surface area contributed by atoms with E-state index in [0.29, 0.717) is 48.1 Å². The van der Waals surface area contributed by atoms with Gasteiger partial charge >= 0.3 is 0 Å². The first-order valence-corrected chi connectivity index (χ1v) is 11.4. The second-order valence-corrected chi connectivity index (χ2v) is 8.60. The number of halogens is 3. The van der Waals surface area contributed by atoms with Gasteiger partial charge in [-0.3, -0.25) is 9.59 Å². The second-order valence-electron chi connectivity index (χ2n) is 8.16. The first kappa shape index (κ1) is 25.6. The molecule has 0 saturated carbocycles. The van der Waals surface area contributed by atoms with Crippen LogP contribution < -0.4 is 5.32 Å². The van der Waals surface area contributed by atoms with Gasteiger partial charge in [-0.25, -0.2) is 8.78 Å². The van der Waals surface area contributed by atoms with Crippen LogP contribution in [0.5, 0.6) is 0 Å². The van der Waals surface area contributed by atoms with E-state index in [2.05, 4.69) is 11.9 Å². The first-order valence-electron chi connectivity index (χ1n) is 11.0. The molecular formula is C25H28ClF2N3O3. The molecule has 9 heteroatoms. The summed E-state index contributed by atoms with van der Waals surface area (Å²) in [6, 6.07) is 2.16. The third-order valence-electron chi connectivity index (χ3n) is 5.67. The zero-order chi connectivity index (χ0) is 25.0.